The van der Waals surface area contributed by atoms with Crippen molar-refractivity contribution in [2.45, 2.75) is 32.2 Å². The Hall–Kier alpha value is -1.16. The zero-order chi connectivity index (χ0) is 11.5. The minimum Gasteiger partial charge on any atom is -0.297 e. The first kappa shape index (κ1) is 11.3. The monoisotopic (exact) mass is 240 g/mol. The van der Waals surface area contributed by atoms with Crippen LogP contribution in [-0.2, 0) is 11.3 Å². The molecule has 0 radical (unpaired) electrons. The highest BCUT2D eigenvalue weighted by Crippen LogP contribution is 2.25. The Kier molecular flexibility index (Phi) is 3.39. The topological polar surface area (TPSA) is 52.0 Å². The highest BCUT2D eigenvalue weighted by molar-refractivity contribution is 6.30. The smallest absolute Gasteiger partial charge is 0.297 e. The third kappa shape index (κ3) is 2.50. The first-order valence-corrected chi connectivity index (χ1v) is 5.79. The molecule has 0 aromatic carbocycles. The van der Waals surface area contributed by atoms with Gasteiger partial charge in [-0.3, -0.25) is 9.36 Å². The molecule has 0 spiro atoms. The van der Waals surface area contributed by atoms with Gasteiger partial charge in [0.25, 0.3) is 0 Å². The molecule has 0 aliphatic heterocycles. The van der Waals surface area contributed by atoms with E-state index < -0.39 is 5.69 Å². The molecule has 16 heavy (non-hydrogen) atoms. The van der Waals surface area contributed by atoms with Gasteiger partial charge in [0.15, 0.2) is 5.78 Å². The van der Waals surface area contributed by atoms with E-state index in [1.807, 2.05) is 0 Å². The summed E-state index contributed by atoms with van der Waals surface area (Å²) in [5.41, 5.74) is -0.421. The van der Waals surface area contributed by atoms with Crippen LogP contribution >= 0.6 is 11.6 Å². The van der Waals surface area contributed by atoms with E-state index in [1.54, 1.807) is 0 Å². The fourth-order valence-corrected chi connectivity index (χ4v) is 2.25. The van der Waals surface area contributed by atoms with Crippen LogP contribution in [0.4, 0.5) is 0 Å². The van der Waals surface area contributed by atoms with Crippen LogP contribution in [0, 0.1) is 5.92 Å². The van der Waals surface area contributed by atoms with Crippen molar-refractivity contribution in [3.63, 3.8) is 0 Å². The van der Waals surface area contributed by atoms with E-state index in [-0.39, 0.29) is 18.2 Å². The maximum absolute atomic E-state index is 11.8. The highest BCUT2D eigenvalue weighted by Gasteiger charge is 2.22. The molecule has 1 aromatic heterocycles. The van der Waals surface area contributed by atoms with Gasteiger partial charge in [0.1, 0.15) is 0 Å². The molecule has 86 valence electrons. The Morgan fingerprint density at radius 1 is 1.50 bits per heavy atom. The van der Waals surface area contributed by atoms with Crippen molar-refractivity contribution in [3.8, 4) is 0 Å². The number of carbonyl (C=O) groups is 1. The fourth-order valence-electron chi connectivity index (χ4n) is 2.09. The normalized spacial score (nSPS) is 16.6. The third-order valence-electron chi connectivity index (χ3n) is 2.96. The average Bonchev–Trinajstić information content (AvgIpc) is 2.76. The molecule has 0 unspecified atom stereocenters. The van der Waals surface area contributed by atoms with Crippen LogP contribution in [0.15, 0.2) is 17.2 Å². The van der Waals surface area contributed by atoms with Gasteiger partial charge in [-0.15, -0.1) is 0 Å². The zero-order valence-electron chi connectivity index (χ0n) is 8.86. The van der Waals surface area contributed by atoms with Gasteiger partial charge in [0.2, 0.25) is 0 Å². The number of nitrogens with zero attached hydrogens (tertiary/aromatic N) is 2. The summed E-state index contributed by atoms with van der Waals surface area (Å²) in [7, 11) is 0. The summed E-state index contributed by atoms with van der Waals surface area (Å²) in [5.74, 6) is 0.231. The van der Waals surface area contributed by atoms with Gasteiger partial charge in [0, 0.05) is 12.1 Å². The van der Waals surface area contributed by atoms with Gasteiger partial charge in [0.05, 0.1) is 17.8 Å². The SMILES string of the molecule is O=C(Cn1cc(Cl)cnc1=O)C1CCCC1. The lowest BCUT2D eigenvalue weighted by Crippen LogP contribution is -2.28. The lowest BCUT2D eigenvalue weighted by molar-refractivity contribution is -0.123. The van der Waals surface area contributed by atoms with Gasteiger partial charge in [-0.05, 0) is 12.8 Å². The molecule has 2 rings (SSSR count). The summed E-state index contributed by atoms with van der Waals surface area (Å²) in [6.45, 7) is 0.0943. The molecule has 4 nitrogen and oxygen atoms in total. The number of aromatic nitrogens is 2. The fraction of sp³-hybridized carbons (Fsp3) is 0.545. The van der Waals surface area contributed by atoms with Crippen molar-refractivity contribution < 1.29 is 4.79 Å². The molecule has 5 heteroatoms. The number of halogens is 1. The van der Waals surface area contributed by atoms with Crippen molar-refractivity contribution in [1.29, 1.82) is 0 Å². The molecule has 0 saturated heterocycles. The maximum Gasteiger partial charge on any atom is 0.348 e. The average molecular weight is 241 g/mol. The molecule has 1 saturated carbocycles. The van der Waals surface area contributed by atoms with Crippen molar-refractivity contribution in [3.05, 3.63) is 27.9 Å². The Bertz CT molecular complexity index is 450. The molecule has 1 fully saturated rings. The predicted molar refractivity (Wildman–Crippen MR) is 60.5 cm³/mol. The number of hydrogen-bond acceptors (Lipinski definition) is 3. The molecule has 0 N–H and O–H groups in total. The summed E-state index contributed by atoms with van der Waals surface area (Å²) in [6, 6.07) is 0. The largest absolute Gasteiger partial charge is 0.348 e. The van der Waals surface area contributed by atoms with Gasteiger partial charge in [-0.1, -0.05) is 24.4 Å². The van der Waals surface area contributed by atoms with E-state index in [0.29, 0.717) is 5.02 Å². The van der Waals surface area contributed by atoms with Crippen LogP contribution in [0.3, 0.4) is 0 Å². The van der Waals surface area contributed by atoms with E-state index in [2.05, 4.69) is 4.98 Å². The minimum atomic E-state index is -0.421. The second kappa shape index (κ2) is 4.78. The molecule has 0 bridgehead atoms. The van der Waals surface area contributed by atoms with Gasteiger partial charge in [-0.25, -0.2) is 9.78 Å². The van der Waals surface area contributed by atoms with Gasteiger partial charge >= 0.3 is 5.69 Å². The summed E-state index contributed by atoms with van der Waals surface area (Å²) < 4.78 is 1.28. The summed E-state index contributed by atoms with van der Waals surface area (Å²) in [6.07, 6.45) is 6.87. The second-order valence-electron chi connectivity index (χ2n) is 4.13. The molecular weight excluding hydrogens is 228 g/mol. The number of rotatable bonds is 3. The first-order valence-electron chi connectivity index (χ1n) is 5.41. The highest BCUT2D eigenvalue weighted by atomic mass is 35.5. The van der Waals surface area contributed by atoms with E-state index in [1.165, 1.54) is 17.0 Å². The number of hydrogen-bond donors (Lipinski definition) is 0. The Morgan fingerprint density at radius 2 is 2.19 bits per heavy atom. The Balaban J connectivity index is 2.11. The van der Waals surface area contributed by atoms with Gasteiger partial charge in [-0.2, -0.15) is 0 Å². The molecule has 1 heterocycles. The second-order valence-corrected chi connectivity index (χ2v) is 4.57. The molecule has 1 aromatic rings. The summed E-state index contributed by atoms with van der Waals surface area (Å²) in [5, 5.41) is 0.374. The summed E-state index contributed by atoms with van der Waals surface area (Å²) in [4.78, 5) is 26.8. The zero-order valence-corrected chi connectivity index (χ0v) is 9.61. The standard InChI is InChI=1S/C11H13ClN2O2/c12-9-5-13-11(16)14(6-9)7-10(15)8-3-1-2-4-8/h5-6,8H,1-4,7H2. The Morgan fingerprint density at radius 3 is 2.88 bits per heavy atom. The van der Waals surface area contributed by atoms with Crippen molar-refractivity contribution >= 4 is 17.4 Å². The minimum absolute atomic E-state index is 0.0943. The molecular formula is C11H13ClN2O2. The van der Waals surface area contributed by atoms with Crippen LogP contribution in [0.2, 0.25) is 5.02 Å². The quantitative estimate of drug-likeness (QED) is 0.807. The number of Topliss-reactive ketones (excluding diaryl/α,β-unsaturated/α-hetero) is 1. The van der Waals surface area contributed by atoms with Crippen LogP contribution in [0.1, 0.15) is 25.7 Å². The Labute approximate surface area is 98.3 Å². The molecule has 0 atom stereocenters. The lowest BCUT2D eigenvalue weighted by Gasteiger charge is -2.09. The van der Waals surface area contributed by atoms with E-state index >= 15 is 0 Å². The van der Waals surface area contributed by atoms with Crippen molar-refractivity contribution in [2.24, 2.45) is 5.92 Å². The van der Waals surface area contributed by atoms with Crippen LogP contribution < -0.4 is 5.69 Å². The van der Waals surface area contributed by atoms with Gasteiger partial charge < -0.3 is 0 Å². The maximum atomic E-state index is 11.8. The number of carbonyl (C=O) groups excluding carboxylic acids is 1. The van der Waals surface area contributed by atoms with Crippen LogP contribution in [0.5, 0.6) is 0 Å². The third-order valence-corrected chi connectivity index (χ3v) is 3.16. The van der Waals surface area contributed by atoms with Crippen LogP contribution in [-0.4, -0.2) is 15.3 Å². The predicted octanol–water partition coefficient (Wildman–Crippen LogP) is 1.66. The first-order chi connectivity index (χ1) is 7.66. The molecule has 1 aliphatic carbocycles. The van der Waals surface area contributed by atoms with E-state index in [4.69, 9.17) is 11.6 Å². The molecule has 1 aliphatic rings. The van der Waals surface area contributed by atoms with Crippen molar-refractivity contribution in [2.75, 3.05) is 0 Å². The molecule has 0 amide bonds. The summed E-state index contributed by atoms with van der Waals surface area (Å²) >= 11 is 5.73. The lowest BCUT2D eigenvalue weighted by atomic mass is 10.0. The van der Waals surface area contributed by atoms with E-state index in [9.17, 15) is 9.59 Å². The van der Waals surface area contributed by atoms with E-state index in [0.717, 1.165) is 25.7 Å². The number of ketones is 1. The van der Waals surface area contributed by atoms with Crippen molar-refractivity contribution in [1.82, 2.24) is 9.55 Å². The van der Waals surface area contributed by atoms with Crippen LogP contribution in [0.25, 0.3) is 0 Å².